The molecule has 0 unspecified atom stereocenters. The number of aromatic amines is 1. The van der Waals surface area contributed by atoms with Crippen LogP contribution in [0.5, 0.6) is 0 Å². The first-order valence-electron chi connectivity index (χ1n) is 13.3. The van der Waals surface area contributed by atoms with E-state index in [4.69, 9.17) is 9.47 Å². The Morgan fingerprint density at radius 3 is 2.17 bits per heavy atom. The summed E-state index contributed by atoms with van der Waals surface area (Å²) in [5.41, 5.74) is 3.61. The first kappa shape index (κ1) is 34.9. The van der Waals surface area contributed by atoms with E-state index < -0.39 is 21.2 Å². The molecule has 212 valence electrons. The molecule has 0 saturated heterocycles. The predicted octanol–water partition coefficient (Wildman–Crippen LogP) is 3.72. The molecule has 4 aromatic rings. The van der Waals surface area contributed by atoms with Crippen molar-refractivity contribution in [1.82, 2.24) is 9.97 Å². The normalized spacial score (nSPS) is 11.2. The Balaban J connectivity index is 0.000000281. The summed E-state index contributed by atoms with van der Waals surface area (Å²) >= 11 is 0. The number of nitrogens with one attached hydrogen (secondary N) is 1. The molecule has 0 aliphatic heterocycles. The summed E-state index contributed by atoms with van der Waals surface area (Å²) in [4.78, 5) is 18.3. The number of rotatable bonds is 12. The maximum atomic E-state index is 11.9. The van der Waals surface area contributed by atoms with Crippen molar-refractivity contribution in [2.45, 2.75) is 50.6 Å². The van der Waals surface area contributed by atoms with Crippen molar-refractivity contribution in [2.75, 3.05) is 13.7 Å². The maximum Gasteiger partial charge on any atom is 1.00 e. The van der Waals surface area contributed by atoms with Gasteiger partial charge in [0.1, 0.15) is 0 Å². The first-order valence-corrected chi connectivity index (χ1v) is 14.7. The summed E-state index contributed by atoms with van der Waals surface area (Å²) in [7, 11) is -3.09. The van der Waals surface area contributed by atoms with E-state index in [1.165, 1.54) is 32.8 Å². The van der Waals surface area contributed by atoms with Crippen LogP contribution in [0.25, 0.3) is 28.2 Å². The minimum atomic E-state index is -4.58. The average Bonchev–Trinajstić information content (AvgIpc) is 3.42. The number of benzene rings is 3. The van der Waals surface area contributed by atoms with Crippen LogP contribution in [0.2, 0.25) is 0 Å². The minimum absolute atomic E-state index is 0. The molecule has 1 N–H and O–H groups in total. The molecular formula is C31H35KN2O6S. The number of unbranched alkanes of at least 4 members (excludes halogenated alkanes) is 5. The second-order valence-corrected chi connectivity index (χ2v) is 10.4. The van der Waals surface area contributed by atoms with E-state index in [1.54, 1.807) is 18.2 Å². The van der Waals surface area contributed by atoms with E-state index in [2.05, 4.69) is 16.9 Å². The molecule has 41 heavy (non-hydrogen) atoms. The molecule has 0 aliphatic carbocycles. The number of imidazole rings is 1. The van der Waals surface area contributed by atoms with Crippen LogP contribution in [0.1, 0.15) is 51.0 Å². The minimum Gasteiger partial charge on any atom is -0.742 e. The van der Waals surface area contributed by atoms with Crippen LogP contribution < -0.4 is 51.4 Å². The smallest absolute Gasteiger partial charge is 0.742 e. The zero-order chi connectivity index (χ0) is 28.8. The Kier molecular flexibility index (Phi) is 15.5. The average molecular weight is 603 g/mol. The first-order chi connectivity index (χ1) is 19.3. The van der Waals surface area contributed by atoms with Crippen LogP contribution in [-0.4, -0.2) is 42.6 Å². The van der Waals surface area contributed by atoms with E-state index >= 15 is 0 Å². The van der Waals surface area contributed by atoms with E-state index in [0.29, 0.717) is 17.6 Å². The Hall–Kier alpha value is -2.31. The number of ether oxygens (including phenoxy) is 2. The van der Waals surface area contributed by atoms with Crippen molar-refractivity contribution in [2.24, 2.45) is 0 Å². The van der Waals surface area contributed by atoms with Gasteiger partial charge in [-0.15, -0.1) is 0 Å². The van der Waals surface area contributed by atoms with E-state index in [9.17, 15) is 17.8 Å². The number of aromatic nitrogens is 2. The van der Waals surface area contributed by atoms with E-state index in [0.717, 1.165) is 29.5 Å². The van der Waals surface area contributed by atoms with Gasteiger partial charge in [0.25, 0.3) is 0 Å². The molecule has 8 nitrogen and oxygen atoms in total. The second kappa shape index (κ2) is 18.3. The topological polar surface area (TPSA) is 121 Å². The van der Waals surface area contributed by atoms with Crippen LogP contribution in [0, 0.1) is 0 Å². The molecule has 4 rings (SSSR count). The number of carbonyl (C=O) groups excluding carboxylic acids is 1. The fourth-order valence-corrected chi connectivity index (χ4v) is 4.44. The molecular weight excluding hydrogens is 568 g/mol. The molecule has 10 heteroatoms. The number of nitrogens with zero attached hydrogens (tertiary/aromatic N) is 1. The van der Waals surface area contributed by atoms with Crippen LogP contribution in [0.3, 0.4) is 0 Å². The Labute approximate surface area is 284 Å². The summed E-state index contributed by atoms with van der Waals surface area (Å²) in [5, 5.41) is -0.550. The number of fused-ring (bicyclic) bond motifs is 1. The summed E-state index contributed by atoms with van der Waals surface area (Å²) in [6, 6.07) is 24.3. The maximum absolute atomic E-state index is 11.9. The zero-order valence-electron chi connectivity index (χ0n) is 23.8. The van der Waals surface area contributed by atoms with E-state index in [-0.39, 0.29) is 57.1 Å². The van der Waals surface area contributed by atoms with Crippen LogP contribution in [0.4, 0.5) is 0 Å². The fraction of sp³-hybridized carbons (Fsp3) is 0.290. The Morgan fingerprint density at radius 2 is 1.54 bits per heavy atom. The summed E-state index contributed by atoms with van der Waals surface area (Å²) < 4.78 is 43.4. The summed E-state index contributed by atoms with van der Waals surface area (Å²) in [6.45, 7) is 2.66. The van der Waals surface area contributed by atoms with Crippen molar-refractivity contribution in [1.29, 1.82) is 0 Å². The molecule has 1 aromatic heterocycles. The quantitative estimate of drug-likeness (QED) is 0.0655. The molecule has 0 bridgehead atoms. The number of hydrogen-bond donors (Lipinski definition) is 1. The van der Waals surface area contributed by atoms with Gasteiger partial charge < -0.3 is 19.0 Å². The SMILES string of the molecule is CCCCCCCCOC(=O)C(=Cc1ccccc1)OC.O=S(=O)([O-])c1nc2c(-c3ccccc3)cccc2[nH]1.[K+]. The standard InChI is InChI=1S/C18H26O3.C13H10N2O3S.K/c1-3-4-5-6-7-11-14-21-18(19)17(20-2)15-16-12-9-8-10-13-16;16-19(17,18)13-14-11-8-4-7-10(12(11)15-13)9-5-2-1-3-6-9;/h8-10,12-13,15H,3-7,11,14H2,1-2H3;1-8H,(H,14,15)(H,16,17,18);/q;;+1/p-1. The van der Waals surface area contributed by atoms with Gasteiger partial charge in [0.2, 0.25) is 10.9 Å². The van der Waals surface area contributed by atoms with Crippen molar-refractivity contribution in [3.63, 3.8) is 0 Å². The van der Waals surface area contributed by atoms with E-state index in [1.807, 2.05) is 66.7 Å². The Bertz CT molecular complexity index is 1490. The van der Waals surface area contributed by atoms with Crippen molar-refractivity contribution in [3.8, 4) is 11.1 Å². The van der Waals surface area contributed by atoms with Crippen molar-refractivity contribution in [3.05, 3.63) is 90.2 Å². The monoisotopic (exact) mass is 602 g/mol. The molecule has 0 radical (unpaired) electrons. The molecule has 0 atom stereocenters. The van der Waals surface area contributed by atoms with Gasteiger partial charge in [-0.1, -0.05) is 112 Å². The third kappa shape index (κ3) is 11.5. The third-order valence-electron chi connectivity index (χ3n) is 6.06. The number of hydrogen-bond acceptors (Lipinski definition) is 7. The number of carbonyl (C=O) groups is 1. The van der Waals surface area contributed by atoms with Crippen LogP contribution in [0.15, 0.2) is 89.8 Å². The zero-order valence-corrected chi connectivity index (χ0v) is 27.8. The van der Waals surface area contributed by atoms with Gasteiger partial charge in [0.05, 0.1) is 24.8 Å². The van der Waals surface area contributed by atoms with Crippen molar-refractivity contribution >= 4 is 33.2 Å². The molecule has 0 spiro atoms. The fourth-order valence-electron chi connectivity index (χ4n) is 4.00. The van der Waals surface area contributed by atoms with Gasteiger partial charge in [-0.3, -0.25) is 0 Å². The summed E-state index contributed by atoms with van der Waals surface area (Å²) in [5.74, 6) is -0.151. The van der Waals surface area contributed by atoms with Gasteiger partial charge in [-0.25, -0.2) is 18.2 Å². The van der Waals surface area contributed by atoms with Gasteiger partial charge in [0.15, 0.2) is 10.1 Å². The summed E-state index contributed by atoms with van der Waals surface area (Å²) in [6.07, 6.45) is 8.73. The molecule has 0 aliphatic rings. The number of esters is 1. The van der Waals surface area contributed by atoms with Crippen LogP contribution in [-0.2, 0) is 24.4 Å². The van der Waals surface area contributed by atoms with Crippen molar-refractivity contribution < 1.29 is 78.6 Å². The van der Waals surface area contributed by atoms with Gasteiger partial charge in [-0.05, 0) is 29.7 Å². The molecule has 1 heterocycles. The largest absolute Gasteiger partial charge is 1.00 e. The molecule has 0 fully saturated rings. The second-order valence-electron chi connectivity index (χ2n) is 9.09. The molecule has 0 saturated carbocycles. The van der Waals surface area contributed by atoms with Gasteiger partial charge in [0, 0.05) is 5.56 Å². The number of para-hydroxylation sites is 1. The Morgan fingerprint density at radius 1 is 0.902 bits per heavy atom. The molecule has 0 amide bonds. The molecule has 3 aromatic carbocycles. The number of methoxy groups -OCH3 is 1. The number of H-pyrrole nitrogens is 1. The van der Waals surface area contributed by atoms with Crippen LogP contribution >= 0.6 is 0 Å². The van der Waals surface area contributed by atoms with Gasteiger partial charge in [-0.2, -0.15) is 0 Å². The predicted molar refractivity (Wildman–Crippen MR) is 155 cm³/mol. The third-order valence-corrected chi connectivity index (χ3v) is 6.73. The van der Waals surface area contributed by atoms with Gasteiger partial charge >= 0.3 is 57.4 Å².